The fourth-order valence-electron chi connectivity index (χ4n) is 3.41. The third kappa shape index (κ3) is 3.43. The quantitative estimate of drug-likeness (QED) is 0.492. The van der Waals surface area contributed by atoms with Gasteiger partial charge in [-0.05, 0) is 18.6 Å². The van der Waals surface area contributed by atoms with Crippen LogP contribution < -0.4 is 5.32 Å². The van der Waals surface area contributed by atoms with E-state index in [1.165, 1.54) is 6.42 Å². The maximum Gasteiger partial charge on any atom is 0.216 e. The van der Waals surface area contributed by atoms with Crippen molar-refractivity contribution >= 4 is 5.96 Å². The molecule has 0 aliphatic carbocycles. The van der Waals surface area contributed by atoms with E-state index in [0.717, 1.165) is 38.0 Å². The van der Waals surface area contributed by atoms with Gasteiger partial charge < -0.3 is 14.6 Å². The number of aromatic nitrogens is 3. The lowest BCUT2D eigenvalue weighted by molar-refractivity contribution is 0.259. The lowest BCUT2D eigenvalue weighted by Crippen LogP contribution is -2.42. The Balaban J connectivity index is 1.32. The highest BCUT2D eigenvalue weighted by atomic mass is 16.3. The summed E-state index contributed by atoms with van der Waals surface area (Å²) >= 11 is 0. The number of guanidine groups is 1. The molecule has 4 rings (SSSR count). The highest BCUT2D eigenvalue weighted by Crippen LogP contribution is 2.18. The summed E-state index contributed by atoms with van der Waals surface area (Å²) in [7, 11) is 1.82. The summed E-state index contributed by atoms with van der Waals surface area (Å²) in [6.45, 7) is 4.72. The standard InChI is InChI=1S/C17H23N7O/c1-18-17(24-9-6-13(12-24)23-7-2-3-8-23)19-11-15-20-16(22-21-15)14-5-4-10-25-14/h2-5,10,13H,6-9,11-12H2,1H3,(H,18,19)(H,20,21,22). The van der Waals surface area contributed by atoms with Gasteiger partial charge in [-0.1, -0.05) is 12.2 Å². The summed E-state index contributed by atoms with van der Waals surface area (Å²) in [4.78, 5) is 13.7. The van der Waals surface area contributed by atoms with Crippen LogP contribution in [0.25, 0.3) is 11.6 Å². The minimum atomic E-state index is 0.548. The van der Waals surface area contributed by atoms with E-state index in [4.69, 9.17) is 4.42 Å². The van der Waals surface area contributed by atoms with Gasteiger partial charge in [-0.2, -0.15) is 0 Å². The zero-order chi connectivity index (χ0) is 17.1. The Hall–Kier alpha value is -2.61. The van der Waals surface area contributed by atoms with Gasteiger partial charge in [-0.3, -0.25) is 15.0 Å². The van der Waals surface area contributed by atoms with E-state index >= 15 is 0 Å². The molecule has 2 aromatic rings. The van der Waals surface area contributed by atoms with Crippen LogP contribution in [0.3, 0.4) is 0 Å². The lowest BCUT2D eigenvalue weighted by atomic mass is 10.2. The highest BCUT2D eigenvalue weighted by molar-refractivity contribution is 5.80. The molecular formula is C17H23N7O. The van der Waals surface area contributed by atoms with Gasteiger partial charge in [-0.25, -0.2) is 4.98 Å². The molecule has 2 aromatic heterocycles. The number of furan rings is 1. The molecule has 8 heteroatoms. The SMILES string of the molecule is CN=C(NCc1nc(-c2ccco2)n[nH]1)N1CCC(N2CC=CC2)C1. The average Bonchev–Trinajstić information content (AvgIpc) is 3.41. The van der Waals surface area contributed by atoms with Crippen molar-refractivity contribution in [3.63, 3.8) is 0 Å². The molecule has 1 unspecified atom stereocenters. The van der Waals surface area contributed by atoms with Crippen molar-refractivity contribution in [2.75, 3.05) is 33.2 Å². The van der Waals surface area contributed by atoms with Crippen LogP contribution >= 0.6 is 0 Å². The molecule has 0 spiro atoms. The van der Waals surface area contributed by atoms with Gasteiger partial charge in [-0.15, -0.1) is 5.10 Å². The molecule has 0 radical (unpaired) electrons. The summed E-state index contributed by atoms with van der Waals surface area (Å²) in [6.07, 6.45) is 7.28. The van der Waals surface area contributed by atoms with Crippen LogP contribution in [0, 0.1) is 0 Å². The maximum atomic E-state index is 5.31. The Labute approximate surface area is 146 Å². The smallest absolute Gasteiger partial charge is 0.216 e. The van der Waals surface area contributed by atoms with Gasteiger partial charge >= 0.3 is 0 Å². The van der Waals surface area contributed by atoms with Gasteiger partial charge in [0.25, 0.3) is 0 Å². The first kappa shape index (κ1) is 15.9. The van der Waals surface area contributed by atoms with E-state index < -0.39 is 0 Å². The summed E-state index contributed by atoms with van der Waals surface area (Å²) in [6, 6.07) is 4.27. The fraction of sp³-hybridized carbons (Fsp3) is 0.471. The zero-order valence-corrected chi connectivity index (χ0v) is 14.4. The van der Waals surface area contributed by atoms with E-state index in [-0.39, 0.29) is 0 Å². The minimum Gasteiger partial charge on any atom is -0.461 e. The highest BCUT2D eigenvalue weighted by Gasteiger charge is 2.29. The van der Waals surface area contributed by atoms with E-state index in [0.29, 0.717) is 24.2 Å². The molecule has 132 valence electrons. The predicted molar refractivity (Wildman–Crippen MR) is 95.0 cm³/mol. The van der Waals surface area contributed by atoms with Gasteiger partial charge in [0.1, 0.15) is 5.82 Å². The summed E-state index contributed by atoms with van der Waals surface area (Å²) in [5.41, 5.74) is 0. The fourth-order valence-corrected chi connectivity index (χ4v) is 3.41. The summed E-state index contributed by atoms with van der Waals surface area (Å²) < 4.78 is 5.31. The molecule has 2 aliphatic rings. The number of aromatic amines is 1. The molecule has 8 nitrogen and oxygen atoms in total. The molecule has 1 fully saturated rings. The first-order valence-electron chi connectivity index (χ1n) is 8.63. The Kier molecular flexibility index (Phi) is 4.51. The van der Waals surface area contributed by atoms with E-state index in [1.54, 1.807) is 6.26 Å². The number of rotatable bonds is 4. The van der Waals surface area contributed by atoms with Crippen molar-refractivity contribution in [1.29, 1.82) is 0 Å². The molecular weight excluding hydrogens is 318 g/mol. The van der Waals surface area contributed by atoms with Crippen LogP contribution in [-0.4, -0.2) is 70.2 Å². The van der Waals surface area contributed by atoms with Gasteiger partial charge in [0.05, 0.1) is 12.8 Å². The molecule has 0 aromatic carbocycles. The van der Waals surface area contributed by atoms with Crippen molar-refractivity contribution in [1.82, 2.24) is 30.3 Å². The molecule has 0 saturated carbocycles. The average molecular weight is 341 g/mol. The van der Waals surface area contributed by atoms with Gasteiger partial charge in [0, 0.05) is 39.3 Å². The predicted octanol–water partition coefficient (Wildman–Crippen LogP) is 1.09. The number of aliphatic imine (C=N–C) groups is 1. The Morgan fingerprint density at radius 3 is 3.08 bits per heavy atom. The van der Waals surface area contributed by atoms with Gasteiger partial charge in [0.15, 0.2) is 11.7 Å². The molecule has 1 atom stereocenters. The Bertz CT molecular complexity index is 741. The Morgan fingerprint density at radius 1 is 1.44 bits per heavy atom. The third-order valence-electron chi connectivity index (χ3n) is 4.72. The number of nitrogens with zero attached hydrogens (tertiary/aromatic N) is 5. The topological polar surface area (TPSA) is 85.6 Å². The molecule has 1 saturated heterocycles. The number of likely N-dealkylation sites (tertiary alicyclic amines) is 1. The molecule has 25 heavy (non-hydrogen) atoms. The van der Waals surface area contributed by atoms with E-state index in [9.17, 15) is 0 Å². The van der Waals surface area contributed by atoms with Crippen molar-refractivity contribution in [2.45, 2.75) is 19.0 Å². The van der Waals surface area contributed by atoms with Crippen LogP contribution in [0.2, 0.25) is 0 Å². The first-order valence-corrected chi connectivity index (χ1v) is 8.63. The first-order chi connectivity index (χ1) is 12.3. The van der Waals surface area contributed by atoms with Crippen molar-refractivity contribution in [2.24, 2.45) is 4.99 Å². The number of hydrogen-bond acceptors (Lipinski definition) is 5. The minimum absolute atomic E-state index is 0.548. The van der Waals surface area contributed by atoms with Crippen molar-refractivity contribution in [3.05, 3.63) is 36.4 Å². The van der Waals surface area contributed by atoms with Crippen LogP contribution in [0.15, 0.2) is 40.0 Å². The normalized spacial score (nSPS) is 21.4. The number of H-pyrrole nitrogens is 1. The summed E-state index contributed by atoms with van der Waals surface area (Å²) in [5.74, 6) is 2.89. The molecule has 2 N–H and O–H groups in total. The molecule has 4 heterocycles. The molecule has 0 bridgehead atoms. The van der Waals surface area contributed by atoms with E-state index in [2.05, 4.69) is 47.4 Å². The van der Waals surface area contributed by atoms with Crippen molar-refractivity contribution < 1.29 is 4.42 Å². The number of nitrogens with one attached hydrogen (secondary N) is 2. The summed E-state index contributed by atoms with van der Waals surface area (Å²) in [5, 5.41) is 10.5. The maximum absolute atomic E-state index is 5.31. The number of hydrogen-bond donors (Lipinski definition) is 2. The van der Waals surface area contributed by atoms with Crippen LogP contribution in [-0.2, 0) is 6.54 Å². The lowest BCUT2D eigenvalue weighted by Gasteiger charge is -2.25. The Morgan fingerprint density at radius 2 is 2.32 bits per heavy atom. The largest absolute Gasteiger partial charge is 0.461 e. The monoisotopic (exact) mass is 341 g/mol. The van der Waals surface area contributed by atoms with Crippen LogP contribution in [0.4, 0.5) is 0 Å². The van der Waals surface area contributed by atoms with Crippen molar-refractivity contribution in [3.8, 4) is 11.6 Å². The second-order valence-corrected chi connectivity index (χ2v) is 6.30. The second kappa shape index (κ2) is 7.10. The zero-order valence-electron chi connectivity index (χ0n) is 14.4. The van der Waals surface area contributed by atoms with E-state index in [1.807, 2.05) is 19.2 Å². The molecule has 2 aliphatic heterocycles. The van der Waals surface area contributed by atoms with Gasteiger partial charge in [0.2, 0.25) is 5.82 Å². The third-order valence-corrected chi connectivity index (χ3v) is 4.72. The second-order valence-electron chi connectivity index (χ2n) is 6.30. The van der Waals surface area contributed by atoms with Crippen LogP contribution in [0.5, 0.6) is 0 Å². The van der Waals surface area contributed by atoms with Crippen LogP contribution in [0.1, 0.15) is 12.2 Å². The molecule has 0 amide bonds.